The quantitative estimate of drug-likeness (QED) is 0.604. The largest absolute Gasteiger partial charge is 0.504 e. The highest BCUT2D eigenvalue weighted by Gasteiger charge is 2.34. The predicted molar refractivity (Wildman–Crippen MR) is 97.4 cm³/mol. The molecular weight excluding hydrogens is 388 g/mol. The second-order valence-electron chi connectivity index (χ2n) is 5.24. The van der Waals surface area contributed by atoms with Gasteiger partial charge in [-0.2, -0.15) is 0 Å². The van der Waals surface area contributed by atoms with Crippen LogP contribution < -0.4 is 15.0 Å². The van der Waals surface area contributed by atoms with Crippen LogP contribution in [0, 0.1) is 0 Å². The third-order valence-corrected chi connectivity index (χ3v) is 4.26. The third kappa shape index (κ3) is 3.36. The van der Waals surface area contributed by atoms with Crippen molar-refractivity contribution in [3.8, 4) is 11.5 Å². The summed E-state index contributed by atoms with van der Waals surface area (Å²) in [5.41, 5.74) is 1.23. The summed E-state index contributed by atoms with van der Waals surface area (Å²) < 4.78 is 5.92. The van der Waals surface area contributed by atoms with E-state index in [4.69, 9.17) is 4.74 Å². The van der Waals surface area contributed by atoms with Crippen molar-refractivity contribution in [2.45, 2.75) is 6.92 Å². The maximum Gasteiger partial charge on any atom is 0.333 e. The molecular formula is C18H15BrN2O4. The molecule has 3 rings (SSSR count). The molecule has 7 heteroatoms. The van der Waals surface area contributed by atoms with Crippen molar-refractivity contribution >= 4 is 39.6 Å². The van der Waals surface area contributed by atoms with Crippen LogP contribution in [0.4, 0.5) is 10.5 Å². The molecule has 0 unspecified atom stereocenters. The Morgan fingerprint density at radius 1 is 1.24 bits per heavy atom. The number of carbonyl (C=O) groups excluding carboxylic acids is 2. The highest BCUT2D eigenvalue weighted by atomic mass is 79.9. The number of carbonyl (C=O) groups is 2. The minimum Gasteiger partial charge on any atom is -0.504 e. The number of nitrogens with one attached hydrogen (secondary N) is 1. The first-order chi connectivity index (χ1) is 12.0. The molecule has 128 valence electrons. The number of para-hydroxylation sites is 1. The maximum absolute atomic E-state index is 12.6. The Bertz CT molecular complexity index is 865. The average Bonchev–Trinajstić information content (AvgIpc) is 2.87. The number of amides is 3. The van der Waals surface area contributed by atoms with Gasteiger partial charge in [-0.15, -0.1) is 0 Å². The molecule has 1 aliphatic heterocycles. The maximum atomic E-state index is 12.6. The second kappa shape index (κ2) is 6.98. The molecule has 2 N–H and O–H groups in total. The van der Waals surface area contributed by atoms with Crippen molar-refractivity contribution in [3.63, 3.8) is 0 Å². The molecule has 1 saturated heterocycles. The van der Waals surface area contributed by atoms with E-state index in [9.17, 15) is 14.7 Å². The fraction of sp³-hybridized carbons (Fsp3) is 0.111. The summed E-state index contributed by atoms with van der Waals surface area (Å²) in [6, 6.07) is 11.2. The number of anilines is 1. The molecule has 0 aliphatic carbocycles. The number of hydrogen-bond donors (Lipinski definition) is 2. The fourth-order valence-electron chi connectivity index (χ4n) is 2.44. The van der Waals surface area contributed by atoms with Crippen molar-refractivity contribution in [3.05, 3.63) is 58.2 Å². The van der Waals surface area contributed by atoms with Gasteiger partial charge in [-0.25, -0.2) is 9.69 Å². The monoisotopic (exact) mass is 402 g/mol. The van der Waals surface area contributed by atoms with Gasteiger partial charge in [-0.1, -0.05) is 34.1 Å². The van der Waals surface area contributed by atoms with Crippen LogP contribution in [0.2, 0.25) is 0 Å². The summed E-state index contributed by atoms with van der Waals surface area (Å²) in [7, 11) is 0. The van der Waals surface area contributed by atoms with Gasteiger partial charge in [0.15, 0.2) is 11.5 Å². The van der Waals surface area contributed by atoms with Crippen LogP contribution in [0.5, 0.6) is 11.5 Å². The topological polar surface area (TPSA) is 78.9 Å². The molecule has 0 bridgehead atoms. The summed E-state index contributed by atoms with van der Waals surface area (Å²) >= 11 is 3.34. The van der Waals surface area contributed by atoms with E-state index in [1.54, 1.807) is 37.3 Å². The number of phenolic OH excluding ortho intramolecular Hbond substituents is 1. The van der Waals surface area contributed by atoms with Gasteiger partial charge in [0.25, 0.3) is 5.91 Å². The summed E-state index contributed by atoms with van der Waals surface area (Å²) in [6.45, 7) is 2.20. The number of nitrogens with zero attached hydrogens (tertiary/aromatic N) is 1. The van der Waals surface area contributed by atoms with Gasteiger partial charge in [0.2, 0.25) is 0 Å². The van der Waals surface area contributed by atoms with Gasteiger partial charge in [-0.3, -0.25) is 4.79 Å². The standard InChI is InChI=1S/C18H15BrN2O4/c1-2-25-16-9-11(13(19)10-15(16)22)8-14-17(23)21(18(24)20-14)12-6-4-3-5-7-12/h3-10,22H,2H2,1H3,(H,20,24)/b14-8+. The number of urea groups is 1. The first kappa shape index (κ1) is 17.0. The highest BCUT2D eigenvalue weighted by Crippen LogP contribution is 2.34. The van der Waals surface area contributed by atoms with E-state index >= 15 is 0 Å². The van der Waals surface area contributed by atoms with E-state index in [2.05, 4.69) is 21.2 Å². The molecule has 1 aliphatic rings. The zero-order valence-corrected chi connectivity index (χ0v) is 14.9. The molecule has 2 aromatic carbocycles. The van der Waals surface area contributed by atoms with Crippen molar-refractivity contribution in [1.29, 1.82) is 0 Å². The number of hydrogen-bond acceptors (Lipinski definition) is 4. The molecule has 0 spiro atoms. The Balaban J connectivity index is 1.96. The van der Waals surface area contributed by atoms with Crippen molar-refractivity contribution in [2.24, 2.45) is 0 Å². The highest BCUT2D eigenvalue weighted by molar-refractivity contribution is 9.10. The van der Waals surface area contributed by atoms with Gasteiger partial charge in [0.1, 0.15) is 5.70 Å². The van der Waals surface area contributed by atoms with Crippen molar-refractivity contribution < 1.29 is 19.4 Å². The summed E-state index contributed by atoms with van der Waals surface area (Å²) in [5, 5.41) is 12.4. The number of halogens is 1. The van der Waals surface area contributed by atoms with Crippen LogP contribution in [-0.2, 0) is 4.79 Å². The summed E-state index contributed by atoms with van der Waals surface area (Å²) in [4.78, 5) is 25.8. The minimum atomic E-state index is -0.512. The third-order valence-electron chi connectivity index (χ3n) is 3.57. The van der Waals surface area contributed by atoms with Crippen LogP contribution in [-0.4, -0.2) is 23.7 Å². The molecule has 25 heavy (non-hydrogen) atoms. The first-order valence-corrected chi connectivity index (χ1v) is 8.38. The molecule has 0 saturated carbocycles. The van der Waals surface area contributed by atoms with E-state index in [0.29, 0.717) is 28.1 Å². The number of benzene rings is 2. The fourth-order valence-corrected chi connectivity index (χ4v) is 2.89. The molecule has 1 fully saturated rings. The molecule has 3 amide bonds. The smallest absolute Gasteiger partial charge is 0.333 e. The van der Waals surface area contributed by atoms with Crippen LogP contribution in [0.1, 0.15) is 12.5 Å². The molecule has 0 radical (unpaired) electrons. The van der Waals surface area contributed by atoms with Crippen molar-refractivity contribution in [1.82, 2.24) is 5.32 Å². The van der Waals surface area contributed by atoms with Gasteiger partial charge in [-0.05, 0) is 42.8 Å². The number of ether oxygens (including phenoxy) is 1. The van der Waals surface area contributed by atoms with Gasteiger partial charge < -0.3 is 15.2 Å². The van der Waals surface area contributed by atoms with Crippen LogP contribution in [0.15, 0.2) is 52.6 Å². The molecule has 0 aromatic heterocycles. The van der Waals surface area contributed by atoms with Gasteiger partial charge >= 0.3 is 6.03 Å². The molecule has 2 aromatic rings. The Morgan fingerprint density at radius 2 is 1.96 bits per heavy atom. The minimum absolute atomic E-state index is 0.0106. The second-order valence-corrected chi connectivity index (χ2v) is 6.09. The lowest BCUT2D eigenvalue weighted by Crippen LogP contribution is -2.30. The molecule has 6 nitrogen and oxygen atoms in total. The Morgan fingerprint density at radius 3 is 2.64 bits per heavy atom. The van der Waals surface area contributed by atoms with Gasteiger partial charge in [0.05, 0.1) is 12.3 Å². The summed E-state index contributed by atoms with van der Waals surface area (Å²) in [6.07, 6.45) is 1.54. The van der Waals surface area contributed by atoms with Crippen molar-refractivity contribution in [2.75, 3.05) is 11.5 Å². The Labute approximate surface area is 152 Å². The lowest BCUT2D eigenvalue weighted by Gasteiger charge is -2.11. The van der Waals surface area contributed by atoms with Crippen LogP contribution in [0.3, 0.4) is 0 Å². The van der Waals surface area contributed by atoms with E-state index in [0.717, 1.165) is 4.90 Å². The SMILES string of the molecule is CCOc1cc(/C=C2/NC(=O)N(c3ccccc3)C2=O)c(Br)cc1O. The van der Waals surface area contributed by atoms with E-state index < -0.39 is 11.9 Å². The number of phenols is 1. The lowest BCUT2D eigenvalue weighted by molar-refractivity contribution is -0.113. The van der Waals surface area contributed by atoms with E-state index in [1.165, 1.54) is 12.1 Å². The van der Waals surface area contributed by atoms with Gasteiger partial charge in [0, 0.05) is 4.47 Å². The van der Waals surface area contributed by atoms with E-state index in [-0.39, 0.29) is 11.4 Å². The first-order valence-electron chi connectivity index (χ1n) is 7.58. The average molecular weight is 403 g/mol. The zero-order chi connectivity index (χ0) is 18.0. The summed E-state index contributed by atoms with van der Waals surface area (Å²) in [5.74, 6) is -0.160. The lowest BCUT2D eigenvalue weighted by atomic mass is 10.1. The number of aromatic hydroxyl groups is 1. The predicted octanol–water partition coefficient (Wildman–Crippen LogP) is 3.65. The van der Waals surface area contributed by atoms with Crippen LogP contribution in [0.25, 0.3) is 6.08 Å². The molecule has 0 atom stereocenters. The molecule has 1 heterocycles. The zero-order valence-electron chi connectivity index (χ0n) is 13.3. The Hall–Kier alpha value is -2.80. The number of imide groups is 1. The Kier molecular flexibility index (Phi) is 4.76. The number of rotatable bonds is 4. The van der Waals surface area contributed by atoms with E-state index in [1.807, 2.05) is 6.07 Å². The normalized spacial score (nSPS) is 15.6. The van der Waals surface area contributed by atoms with Crippen LogP contribution >= 0.6 is 15.9 Å².